The number of carbonyl (C=O) groups is 1. The van der Waals surface area contributed by atoms with Gasteiger partial charge in [0, 0.05) is 18.4 Å². The fraction of sp³-hybridized carbons (Fsp3) is 0.442. The third kappa shape index (κ3) is 16.5. The van der Waals surface area contributed by atoms with Crippen LogP contribution in [0.4, 0.5) is 0 Å². The van der Waals surface area contributed by atoms with Gasteiger partial charge in [-0.25, -0.2) is 0 Å². The van der Waals surface area contributed by atoms with Crippen LogP contribution in [0.3, 0.4) is 0 Å². The molecule has 1 saturated heterocycles. The first-order chi connectivity index (χ1) is 28.7. The maximum atomic E-state index is 12.6. The quantitative estimate of drug-likeness (QED) is 0.0273. The molecule has 6 heteroatoms. The number of ether oxygens (including phenoxy) is 5. The minimum absolute atomic E-state index is 0.264. The SMILES string of the molecule is CCCCCCCCCCCCC#C/C=C(/C=O)C[C@H]1O[C@H](COCc2ccccc2)[C@H](OCc2ccccc2)[C@H](OCc2ccccc2)[C@H]1OCc1ccccc1. The molecule has 0 saturated carbocycles. The molecule has 1 aliphatic rings. The van der Waals surface area contributed by atoms with E-state index in [4.69, 9.17) is 23.7 Å². The van der Waals surface area contributed by atoms with E-state index >= 15 is 0 Å². The van der Waals surface area contributed by atoms with Crippen molar-refractivity contribution in [1.29, 1.82) is 0 Å². The zero-order chi connectivity index (χ0) is 40.3. The monoisotopic (exact) mass is 784 g/mol. The van der Waals surface area contributed by atoms with Gasteiger partial charge in [-0.15, -0.1) is 0 Å². The molecule has 1 aliphatic heterocycles. The van der Waals surface area contributed by atoms with Crippen LogP contribution in [0.1, 0.15) is 106 Å². The van der Waals surface area contributed by atoms with E-state index in [0.717, 1.165) is 41.4 Å². The summed E-state index contributed by atoms with van der Waals surface area (Å²) in [5, 5.41) is 0. The highest BCUT2D eigenvalue weighted by Crippen LogP contribution is 2.33. The third-order valence-corrected chi connectivity index (χ3v) is 10.6. The molecule has 58 heavy (non-hydrogen) atoms. The lowest BCUT2D eigenvalue weighted by Gasteiger charge is -2.46. The standard InChI is InChI=1S/C52H64O6/c1-2-3-4-5-6-7-8-9-10-11-12-13-18-35-47(37-53)36-48-50(55-39-44-29-21-15-22-30-44)52(57-41-46-33-25-17-26-34-46)51(56-40-45-31-23-16-24-32-45)49(58-48)42-54-38-43-27-19-14-20-28-43/h14-17,19-35,37,48-52H,2-12,36,38-42H2,1H3/b47-35+/t48-,49-,50+,51+,52-/m1/s1. The number of unbranched alkanes of at least 4 members (excludes halogenated alkanes) is 10. The van der Waals surface area contributed by atoms with Crippen LogP contribution >= 0.6 is 0 Å². The van der Waals surface area contributed by atoms with Gasteiger partial charge in [-0.05, 0) is 34.8 Å². The topological polar surface area (TPSA) is 63.2 Å². The molecule has 4 aromatic rings. The van der Waals surface area contributed by atoms with Crippen LogP contribution in [-0.4, -0.2) is 43.4 Å². The molecule has 6 nitrogen and oxygen atoms in total. The summed E-state index contributed by atoms with van der Waals surface area (Å²) in [5.41, 5.74) is 4.74. The smallest absolute Gasteiger partial charge is 0.146 e. The molecule has 4 aromatic carbocycles. The average molecular weight is 785 g/mol. The van der Waals surface area contributed by atoms with E-state index in [2.05, 4.69) is 43.0 Å². The second-order valence-corrected chi connectivity index (χ2v) is 15.3. The molecule has 0 unspecified atom stereocenters. The van der Waals surface area contributed by atoms with Gasteiger partial charge in [-0.1, -0.05) is 198 Å². The van der Waals surface area contributed by atoms with E-state index in [1.807, 2.05) is 97.1 Å². The zero-order valence-electron chi connectivity index (χ0n) is 34.6. The first-order valence-electron chi connectivity index (χ1n) is 21.6. The number of hydrogen-bond acceptors (Lipinski definition) is 6. The Morgan fingerprint density at radius 3 is 1.47 bits per heavy atom. The highest BCUT2D eigenvalue weighted by molar-refractivity contribution is 5.74. The van der Waals surface area contributed by atoms with Crippen LogP contribution < -0.4 is 0 Å². The van der Waals surface area contributed by atoms with E-state index in [0.29, 0.717) is 38.4 Å². The lowest BCUT2D eigenvalue weighted by molar-refractivity contribution is -0.272. The summed E-state index contributed by atoms with van der Waals surface area (Å²) >= 11 is 0. The summed E-state index contributed by atoms with van der Waals surface area (Å²) < 4.78 is 33.8. The van der Waals surface area contributed by atoms with Crippen LogP contribution in [0.5, 0.6) is 0 Å². The zero-order valence-corrected chi connectivity index (χ0v) is 34.6. The van der Waals surface area contributed by atoms with Crippen molar-refractivity contribution in [1.82, 2.24) is 0 Å². The summed E-state index contributed by atoms with van der Waals surface area (Å²) in [6.45, 7) is 4.01. The summed E-state index contributed by atoms with van der Waals surface area (Å²) in [7, 11) is 0. The minimum atomic E-state index is -0.571. The maximum Gasteiger partial charge on any atom is 0.146 e. The van der Waals surface area contributed by atoms with Crippen molar-refractivity contribution < 1.29 is 28.5 Å². The summed E-state index contributed by atoms with van der Waals surface area (Å²) in [6.07, 6.45) is 14.0. The normalized spacial score (nSPS) is 19.3. The predicted octanol–water partition coefficient (Wildman–Crippen LogP) is 11.6. The molecule has 0 radical (unpaired) electrons. The molecule has 0 amide bonds. The van der Waals surface area contributed by atoms with Crippen molar-refractivity contribution in [3.05, 3.63) is 155 Å². The highest BCUT2D eigenvalue weighted by atomic mass is 16.6. The van der Waals surface area contributed by atoms with Gasteiger partial charge in [0.2, 0.25) is 0 Å². The Hall–Kier alpha value is -4.35. The van der Waals surface area contributed by atoms with Gasteiger partial charge in [-0.2, -0.15) is 0 Å². The number of aldehydes is 1. The molecule has 0 aliphatic carbocycles. The predicted molar refractivity (Wildman–Crippen MR) is 233 cm³/mol. The van der Waals surface area contributed by atoms with E-state index in [9.17, 15) is 4.79 Å². The lowest BCUT2D eigenvalue weighted by atomic mass is 9.90. The number of carbonyl (C=O) groups excluding carboxylic acids is 1. The molecule has 0 aromatic heterocycles. The highest BCUT2D eigenvalue weighted by Gasteiger charge is 2.48. The van der Waals surface area contributed by atoms with Crippen LogP contribution in [0.15, 0.2) is 133 Å². The molecule has 308 valence electrons. The molecular formula is C52H64O6. The fourth-order valence-electron chi connectivity index (χ4n) is 7.34. The summed E-state index contributed by atoms with van der Waals surface area (Å²) in [5.74, 6) is 6.47. The van der Waals surface area contributed by atoms with Crippen molar-refractivity contribution >= 4 is 6.29 Å². The second kappa shape index (κ2) is 27.4. The Morgan fingerprint density at radius 1 is 0.552 bits per heavy atom. The Morgan fingerprint density at radius 2 is 0.983 bits per heavy atom. The Labute approximate surface area is 348 Å². The molecule has 5 rings (SSSR count). The average Bonchev–Trinajstić information content (AvgIpc) is 3.27. The van der Waals surface area contributed by atoms with Gasteiger partial charge in [-0.3, -0.25) is 4.79 Å². The third-order valence-electron chi connectivity index (χ3n) is 10.6. The van der Waals surface area contributed by atoms with Gasteiger partial charge >= 0.3 is 0 Å². The first-order valence-corrected chi connectivity index (χ1v) is 21.6. The lowest BCUT2D eigenvalue weighted by Crippen LogP contribution is -2.61. The van der Waals surface area contributed by atoms with Crippen molar-refractivity contribution in [3.8, 4) is 11.8 Å². The van der Waals surface area contributed by atoms with Crippen molar-refractivity contribution in [2.45, 2.75) is 141 Å². The molecule has 0 bridgehead atoms. The number of benzene rings is 4. The van der Waals surface area contributed by atoms with E-state index in [1.54, 1.807) is 6.08 Å². The first kappa shape index (κ1) is 44.7. The van der Waals surface area contributed by atoms with Gasteiger partial charge in [0.1, 0.15) is 30.7 Å². The van der Waals surface area contributed by atoms with Crippen molar-refractivity contribution in [3.63, 3.8) is 0 Å². The van der Waals surface area contributed by atoms with Gasteiger partial charge < -0.3 is 23.7 Å². The Balaban J connectivity index is 1.34. The summed E-state index contributed by atoms with van der Waals surface area (Å²) in [6, 6.07) is 40.4. The van der Waals surface area contributed by atoms with Gasteiger partial charge in [0.15, 0.2) is 0 Å². The van der Waals surface area contributed by atoms with E-state index < -0.39 is 30.5 Å². The fourth-order valence-corrected chi connectivity index (χ4v) is 7.34. The van der Waals surface area contributed by atoms with Crippen LogP contribution in [0, 0.1) is 11.8 Å². The Kier molecular flexibility index (Phi) is 21.1. The van der Waals surface area contributed by atoms with Crippen molar-refractivity contribution in [2.24, 2.45) is 0 Å². The Bertz CT molecular complexity index is 1750. The van der Waals surface area contributed by atoms with E-state index in [1.165, 1.54) is 57.8 Å². The van der Waals surface area contributed by atoms with Crippen LogP contribution in [0.25, 0.3) is 0 Å². The molecule has 0 N–H and O–H groups in total. The van der Waals surface area contributed by atoms with Crippen LogP contribution in [-0.2, 0) is 54.9 Å². The number of rotatable bonds is 26. The number of allylic oxidation sites excluding steroid dienone is 1. The molecule has 1 fully saturated rings. The number of hydrogen-bond donors (Lipinski definition) is 0. The van der Waals surface area contributed by atoms with Crippen molar-refractivity contribution in [2.75, 3.05) is 6.61 Å². The van der Waals surface area contributed by atoms with E-state index in [-0.39, 0.29) is 6.61 Å². The maximum absolute atomic E-state index is 12.6. The molecular weight excluding hydrogens is 721 g/mol. The molecule has 5 atom stereocenters. The van der Waals surface area contributed by atoms with Gasteiger partial charge in [0.05, 0.1) is 39.1 Å². The second-order valence-electron chi connectivity index (χ2n) is 15.3. The molecule has 1 heterocycles. The van der Waals surface area contributed by atoms with Crippen LogP contribution in [0.2, 0.25) is 0 Å². The molecule has 0 spiro atoms. The minimum Gasteiger partial charge on any atom is -0.374 e. The van der Waals surface area contributed by atoms with Gasteiger partial charge in [0.25, 0.3) is 0 Å². The summed E-state index contributed by atoms with van der Waals surface area (Å²) in [4.78, 5) is 12.6. The largest absolute Gasteiger partial charge is 0.374 e.